The molecule has 0 bridgehead atoms. The fourth-order valence-corrected chi connectivity index (χ4v) is 2.85. The summed E-state index contributed by atoms with van der Waals surface area (Å²) in [7, 11) is 0. The lowest BCUT2D eigenvalue weighted by molar-refractivity contribution is -0.332. The lowest BCUT2D eigenvalue weighted by Gasteiger charge is -2.53. The molecule has 23 heavy (non-hydrogen) atoms. The third kappa shape index (κ3) is 3.06. The van der Waals surface area contributed by atoms with Gasteiger partial charge >= 0.3 is 6.18 Å². The fraction of sp³-hybridized carbons (Fsp3) is 0.538. The topological polar surface area (TPSA) is 110 Å². The van der Waals surface area contributed by atoms with E-state index in [-0.39, 0.29) is 4.47 Å². The van der Waals surface area contributed by atoms with Gasteiger partial charge in [-0.1, -0.05) is 15.9 Å². The monoisotopic (exact) mass is 402 g/mol. The van der Waals surface area contributed by atoms with Crippen LogP contribution < -0.4 is 4.74 Å². The van der Waals surface area contributed by atoms with Crippen molar-refractivity contribution in [1.82, 2.24) is 0 Å². The minimum Gasteiger partial charge on any atom is -0.461 e. The predicted molar refractivity (Wildman–Crippen MR) is 73.3 cm³/mol. The molecular formula is C13H14BrF3O6. The van der Waals surface area contributed by atoms with Crippen LogP contribution in [-0.4, -0.2) is 56.2 Å². The molecule has 6 nitrogen and oxygen atoms in total. The standard InChI is InChI=1S/C13H14BrF3O6/c14-5-1-2-8(6(3-5)13(15,16)17)23-11(21)12(22)7(4-18)9(19)10(12)20/h1-3,7,9-11,18-22H,4H2. The minimum atomic E-state index is -4.78. The number of rotatable bonds is 4. The summed E-state index contributed by atoms with van der Waals surface area (Å²) in [6.45, 7) is -0.804. The van der Waals surface area contributed by atoms with Crippen LogP contribution in [0.25, 0.3) is 0 Å². The number of ether oxygens (including phenoxy) is 1. The number of aliphatic hydroxyl groups is 5. The smallest absolute Gasteiger partial charge is 0.420 e. The highest BCUT2D eigenvalue weighted by Gasteiger charge is 2.65. The molecule has 5 atom stereocenters. The highest BCUT2D eigenvalue weighted by molar-refractivity contribution is 9.10. The Morgan fingerprint density at radius 1 is 1.30 bits per heavy atom. The van der Waals surface area contributed by atoms with Crippen LogP contribution in [0.3, 0.4) is 0 Å². The number of hydrogen-bond donors (Lipinski definition) is 5. The molecule has 1 aliphatic carbocycles. The van der Waals surface area contributed by atoms with E-state index < -0.39 is 54.1 Å². The van der Waals surface area contributed by atoms with Crippen molar-refractivity contribution in [3.8, 4) is 5.75 Å². The normalized spacial score (nSPS) is 32.3. The average Bonchev–Trinajstić information content (AvgIpc) is 2.47. The highest BCUT2D eigenvalue weighted by atomic mass is 79.9. The quantitative estimate of drug-likeness (QED) is 0.461. The first-order valence-corrected chi connectivity index (χ1v) is 7.23. The number of hydrogen-bond acceptors (Lipinski definition) is 6. The van der Waals surface area contributed by atoms with Crippen LogP contribution in [0.4, 0.5) is 13.2 Å². The van der Waals surface area contributed by atoms with E-state index in [1.165, 1.54) is 6.07 Å². The van der Waals surface area contributed by atoms with Crippen molar-refractivity contribution in [2.75, 3.05) is 6.61 Å². The Balaban J connectivity index is 2.29. The Labute approximate surface area is 136 Å². The molecular weight excluding hydrogens is 389 g/mol. The molecule has 1 aromatic carbocycles. The Morgan fingerprint density at radius 2 is 1.91 bits per heavy atom. The molecule has 1 saturated carbocycles. The first kappa shape index (κ1) is 18.4. The van der Waals surface area contributed by atoms with Gasteiger partial charge < -0.3 is 30.3 Å². The molecule has 2 rings (SSSR count). The second-order valence-corrected chi connectivity index (χ2v) is 6.14. The van der Waals surface area contributed by atoms with Crippen LogP contribution in [0.5, 0.6) is 5.75 Å². The van der Waals surface area contributed by atoms with Gasteiger partial charge in [0.05, 0.1) is 18.3 Å². The van der Waals surface area contributed by atoms with Gasteiger partial charge in [-0.3, -0.25) is 0 Å². The number of halogens is 4. The van der Waals surface area contributed by atoms with Crippen LogP contribution in [0.15, 0.2) is 22.7 Å². The van der Waals surface area contributed by atoms with E-state index in [9.17, 15) is 33.6 Å². The van der Waals surface area contributed by atoms with Crippen molar-refractivity contribution in [1.29, 1.82) is 0 Å². The largest absolute Gasteiger partial charge is 0.461 e. The van der Waals surface area contributed by atoms with Crippen molar-refractivity contribution in [3.05, 3.63) is 28.2 Å². The SMILES string of the molecule is OCC1C(O)C(O)C1(O)C(O)Oc1ccc(Br)cc1C(F)(F)F. The first-order valence-electron chi connectivity index (χ1n) is 6.44. The summed E-state index contributed by atoms with van der Waals surface area (Å²) in [5.41, 5.74) is -3.70. The van der Waals surface area contributed by atoms with E-state index >= 15 is 0 Å². The fourth-order valence-electron chi connectivity index (χ4n) is 2.49. The number of benzene rings is 1. The molecule has 10 heteroatoms. The van der Waals surface area contributed by atoms with Crippen molar-refractivity contribution >= 4 is 15.9 Å². The summed E-state index contributed by atoms with van der Waals surface area (Å²) < 4.78 is 43.8. The van der Waals surface area contributed by atoms with Crippen LogP contribution in [0.1, 0.15) is 5.56 Å². The molecule has 0 aliphatic heterocycles. The molecule has 0 aromatic heterocycles. The molecule has 130 valence electrons. The predicted octanol–water partition coefficient (Wildman–Crippen LogP) is 0.240. The van der Waals surface area contributed by atoms with Crippen molar-refractivity contribution in [3.63, 3.8) is 0 Å². The summed E-state index contributed by atoms with van der Waals surface area (Å²) in [6.07, 6.45) is -10.5. The summed E-state index contributed by atoms with van der Waals surface area (Å²) in [4.78, 5) is 0. The Morgan fingerprint density at radius 3 is 2.43 bits per heavy atom. The molecule has 0 amide bonds. The molecule has 5 unspecified atom stereocenters. The van der Waals surface area contributed by atoms with Gasteiger partial charge in [-0.15, -0.1) is 0 Å². The summed E-state index contributed by atoms with van der Waals surface area (Å²) in [5, 5.41) is 48.1. The molecule has 0 heterocycles. The molecule has 5 N–H and O–H groups in total. The zero-order chi connectivity index (χ0) is 17.6. The molecule has 0 radical (unpaired) electrons. The van der Waals surface area contributed by atoms with Gasteiger partial charge in [-0.05, 0) is 18.2 Å². The van der Waals surface area contributed by atoms with Gasteiger partial charge in [0, 0.05) is 10.4 Å². The minimum absolute atomic E-state index is 0.123. The van der Waals surface area contributed by atoms with E-state index in [2.05, 4.69) is 15.9 Å². The first-order chi connectivity index (χ1) is 10.5. The second kappa shape index (κ2) is 6.19. The van der Waals surface area contributed by atoms with Gasteiger partial charge in [-0.2, -0.15) is 13.2 Å². The van der Waals surface area contributed by atoms with Crippen molar-refractivity contribution in [2.24, 2.45) is 5.92 Å². The van der Waals surface area contributed by atoms with Gasteiger partial charge in [0.2, 0.25) is 6.29 Å². The molecule has 1 fully saturated rings. The van der Waals surface area contributed by atoms with Crippen LogP contribution in [-0.2, 0) is 6.18 Å². The van der Waals surface area contributed by atoms with Crippen LogP contribution >= 0.6 is 15.9 Å². The molecule has 1 aromatic rings. The average molecular weight is 403 g/mol. The lowest BCUT2D eigenvalue weighted by Crippen LogP contribution is -2.76. The number of alkyl halides is 3. The zero-order valence-corrected chi connectivity index (χ0v) is 13.0. The maximum absolute atomic E-state index is 13.0. The van der Waals surface area contributed by atoms with Crippen LogP contribution in [0.2, 0.25) is 0 Å². The summed E-state index contributed by atoms with van der Waals surface area (Å²) in [6, 6.07) is 2.88. The van der Waals surface area contributed by atoms with Gasteiger partial charge in [-0.25, -0.2) is 0 Å². The van der Waals surface area contributed by atoms with Gasteiger partial charge in [0.25, 0.3) is 0 Å². The third-order valence-electron chi connectivity index (χ3n) is 3.88. The van der Waals surface area contributed by atoms with Crippen molar-refractivity contribution in [2.45, 2.75) is 30.3 Å². The van der Waals surface area contributed by atoms with Gasteiger partial charge in [0.1, 0.15) is 11.9 Å². The lowest BCUT2D eigenvalue weighted by atomic mass is 9.64. The van der Waals surface area contributed by atoms with E-state index in [0.717, 1.165) is 12.1 Å². The maximum atomic E-state index is 13.0. The Hall–Kier alpha value is -0.910. The van der Waals surface area contributed by atoms with Gasteiger partial charge in [0.15, 0.2) is 5.60 Å². The van der Waals surface area contributed by atoms with E-state index in [4.69, 9.17) is 9.84 Å². The molecule has 0 spiro atoms. The molecule has 0 saturated heterocycles. The van der Waals surface area contributed by atoms with E-state index in [1.807, 2.05) is 0 Å². The highest BCUT2D eigenvalue weighted by Crippen LogP contribution is 2.44. The molecule has 1 aliphatic rings. The van der Waals surface area contributed by atoms with Crippen LogP contribution in [0, 0.1) is 5.92 Å². The van der Waals surface area contributed by atoms with E-state index in [1.54, 1.807) is 0 Å². The summed E-state index contributed by atoms with van der Waals surface area (Å²) >= 11 is 2.88. The zero-order valence-electron chi connectivity index (χ0n) is 11.4. The number of aliphatic hydroxyl groups excluding tert-OH is 4. The van der Waals surface area contributed by atoms with Crippen molar-refractivity contribution < 1.29 is 43.4 Å². The Bertz CT molecular complexity index is 583. The second-order valence-electron chi connectivity index (χ2n) is 5.22. The maximum Gasteiger partial charge on any atom is 0.420 e. The summed E-state index contributed by atoms with van der Waals surface area (Å²) in [5.74, 6) is -2.14. The third-order valence-corrected chi connectivity index (χ3v) is 4.37. The Kier molecular flexibility index (Phi) is 4.96. The van der Waals surface area contributed by atoms with E-state index in [0.29, 0.717) is 0 Å².